The highest BCUT2D eigenvalue weighted by Crippen LogP contribution is 2.46. The third kappa shape index (κ3) is 7.26. The van der Waals surface area contributed by atoms with Crippen LogP contribution in [0.2, 0.25) is 0 Å². The molecule has 0 amide bonds. The molecule has 0 atom stereocenters. The van der Waals surface area contributed by atoms with Crippen LogP contribution < -0.4 is 4.90 Å². The highest BCUT2D eigenvalue weighted by atomic mass is 15.1. The van der Waals surface area contributed by atoms with E-state index in [2.05, 4.69) is 266 Å². The van der Waals surface area contributed by atoms with Crippen LogP contribution in [0.25, 0.3) is 88.3 Å². The lowest BCUT2D eigenvalue weighted by molar-refractivity contribution is 1.28. The molecule has 0 saturated heterocycles. The molecule has 0 spiro atoms. The van der Waals surface area contributed by atoms with Gasteiger partial charge in [0, 0.05) is 16.9 Å². The third-order valence-corrected chi connectivity index (χ3v) is 12.3. The van der Waals surface area contributed by atoms with Crippen molar-refractivity contribution in [2.24, 2.45) is 0 Å². The second-order valence-electron chi connectivity index (χ2n) is 16.0. The number of benzene rings is 11. The van der Waals surface area contributed by atoms with E-state index >= 15 is 0 Å². The Hall–Kier alpha value is -8.26. The molecule has 296 valence electrons. The molecule has 0 N–H and O–H groups in total. The zero-order valence-electron chi connectivity index (χ0n) is 34.8. The first-order chi connectivity index (χ1) is 31.3. The van der Waals surface area contributed by atoms with Gasteiger partial charge in [0.1, 0.15) is 0 Å². The largest absolute Gasteiger partial charge is 0.310 e. The zero-order valence-corrected chi connectivity index (χ0v) is 34.8. The first-order valence-electron chi connectivity index (χ1n) is 21.7. The van der Waals surface area contributed by atoms with E-state index in [1.54, 1.807) is 0 Å². The maximum atomic E-state index is 2.40. The van der Waals surface area contributed by atoms with E-state index in [9.17, 15) is 0 Å². The lowest BCUT2D eigenvalue weighted by atomic mass is 9.84. The van der Waals surface area contributed by atoms with E-state index in [-0.39, 0.29) is 0 Å². The summed E-state index contributed by atoms with van der Waals surface area (Å²) in [6, 6.07) is 94.5. The molecule has 0 aliphatic heterocycles. The smallest absolute Gasteiger partial charge is 0.0540 e. The van der Waals surface area contributed by atoms with Gasteiger partial charge in [-0.3, -0.25) is 0 Å². The SMILES string of the molecule is c1ccc(-c2ccc(-c3ccc(N(c4ccc(-c5ccc6c(c5)c(-c5ccccc5)c(-c5ccccc5)c5ccccc56)cc4)c4ccccc4-c4ccccc4)cc3)cc2)cc1. The van der Waals surface area contributed by atoms with Crippen LogP contribution in [0.1, 0.15) is 0 Å². The molecule has 1 nitrogen and oxygen atoms in total. The van der Waals surface area contributed by atoms with Crippen LogP contribution in [0.15, 0.2) is 261 Å². The molecule has 11 aromatic carbocycles. The fourth-order valence-corrected chi connectivity index (χ4v) is 9.23. The van der Waals surface area contributed by atoms with Crippen LogP contribution in [0.5, 0.6) is 0 Å². The number of rotatable bonds is 9. The van der Waals surface area contributed by atoms with Gasteiger partial charge in [-0.05, 0) is 119 Å². The van der Waals surface area contributed by atoms with Gasteiger partial charge >= 0.3 is 0 Å². The highest BCUT2D eigenvalue weighted by Gasteiger charge is 2.20. The number of hydrogen-bond donors (Lipinski definition) is 0. The van der Waals surface area contributed by atoms with Crippen molar-refractivity contribution in [1.82, 2.24) is 0 Å². The normalized spacial score (nSPS) is 11.2. The standard InChI is InChI=1S/C62H43N/c1-5-17-44(18-6-1)45-29-31-46(32-30-45)47-33-38-53(39-34-47)63(60-28-16-15-25-55(60)49-19-7-2-8-20-49)54-40-35-48(36-41-54)52-37-42-57-56-26-13-14-27-58(56)61(50-21-9-3-10-22-50)62(59(57)43-52)51-23-11-4-12-24-51/h1-43H. The van der Waals surface area contributed by atoms with Gasteiger partial charge in [0.2, 0.25) is 0 Å². The molecule has 0 bridgehead atoms. The molecule has 0 aliphatic rings. The maximum absolute atomic E-state index is 2.40. The lowest BCUT2D eigenvalue weighted by Gasteiger charge is -2.28. The first-order valence-corrected chi connectivity index (χ1v) is 21.7. The fraction of sp³-hybridized carbons (Fsp3) is 0. The number of anilines is 3. The fourth-order valence-electron chi connectivity index (χ4n) is 9.23. The average molecular weight is 802 g/mol. The maximum Gasteiger partial charge on any atom is 0.0540 e. The molecule has 0 fully saturated rings. The average Bonchev–Trinajstić information content (AvgIpc) is 3.37. The van der Waals surface area contributed by atoms with E-state index in [1.165, 1.54) is 88.3 Å². The second kappa shape index (κ2) is 16.7. The van der Waals surface area contributed by atoms with E-state index in [0.717, 1.165) is 17.1 Å². The van der Waals surface area contributed by atoms with E-state index in [0.29, 0.717) is 0 Å². The van der Waals surface area contributed by atoms with Crippen LogP contribution in [0, 0.1) is 0 Å². The van der Waals surface area contributed by atoms with Gasteiger partial charge in [-0.1, -0.05) is 224 Å². The zero-order chi connectivity index (χ0) is 42.0. The Morgan fingerprint density at radius 1 is 0.206 bits per heavy atom. The molecular weight excluding hydrogens is 759 g/mol. The number of para-hydroxylation sites is 1. The first kappa shape index (κ1) is 37.7. The van der Waals surface area contributed by atoms with Gasteiger partial charge in [-0.2, -0.15) is 0 Å². The van der Waals surface area contributed by atoms with Crippen molar-refractivity contribution in [3.8, 4) is 66.8 Å². The molecule has 63 heavy (non-hydrogen) atoms. The summed E-state index contributed by atoms with van der Waals surface area (Å²) >= 11 is 0. The molecule has 0 heterocycles. The summed E-state index contributed by atoms with van der Waals surface area (Å²) in [5.74, 6) is 0. The van der Waals surface area contributed by atoms with Crippen molar-refractivity contribution in [3.63, 3.8) is 0 Å². The van der Waals surface area contributed by atoms with E-state index < -0.39 is 0 Å². The minimum atomic E-state index is 1.09. The van der Waals surface area contributed by atoms with Gasteiger partial charge in [0.25, 0.3) is 0 Å². The van der Waals surface area contributed by atoms with Crippen molar-refractivity contribution >= 4 is 38.6 Å². The Balaban J connectivity index is 1.02. The molecule has 0 saturated carbocycles. The highest BCUT2D eigenvalue weighted by molar-refractivity contribution is 6.22. The molecule has 11 rings (SSSR count). The quantitative estimate of drug-likeness (QED) is 0.131. The minimum Gasteiger partial charge on any atom is -0.310 e. The summed E-state index contributed by atoms with van der Waals surface area (Å²) in [6.45, 7) is 0. The molecule has 1 heteroatoms. The summed E-state index contributed by atoms with van der Waals surface area (Å²) in [5, 5.41) is 5.02. The number of hydrogen-bond acceptors (Lipinski definition) is 1. The van der Waals surface area contributed by atoms with Crippen LogP contribution in [-0.2, 0) is 0 Å². The topological polar surface area (TPSA) is 3.24 Å². The second-order valence-corrected chi connectivity index (χ2v) is 16.0. The van der Waals surface area contributed by atoms with Crippen LogP contribution in [-0.4, -0.2) is 0 Å². The molecular formula is C62H43N. The summed E-state index contributed by atoms with van der Waals surface area (Å²) in [6.07, 6.45) is 0. The van der Waals surface area contributed by atoms with Gasteiger partial charge in [0.15, 0.2) is 0 Å². The van der Waals surface area contributed by atoms with Gasteiger partial charge in [-0.25, -0.2) is 0 Å². The predicted octanol–water partition coefficient (Wildman–Crippen LogP) is 17.5. The lowest BCUT2D eigenvalue weighted by Crippen LogP contribution is -2.11. The van der Waals surface area contributed by atoms with Crippen molar-refractivity contribution in [2.45, 2.75) is 0 Å². The van der Waals surface area contributed by atoms with E-state index in [1.807, 2.05) is 0 Å². The van der Waals surface area contributed by atoms with Crippen molar-refractivity contribution < 1.29 is 0 Å². The Morgan fingerprint density at radius 3 is 1.10 bits per heavy atom. The monoisotopic (exact) mass is 801 g/mol. The molecule has 0 unspecified atom stereocenters. The van der Waals surface area contributed by atoms with Crippen molar-refractivity contribution in [3.05, 3.63) is 261 Å². The Morgan fingerprint density at radius 2 is 0.556 bits per heavy atom. The van der Waals surface area contributed by atoms with Crippen LogP contribution >= 0.6 is 0 Å². The minimum absolute atomic E-state index is 1.09. The summed E-state index contributed by atoms with van der Waals surface area (Å²) < 4.78 is 0. The molecule has 0 aliphatic carbocycles. The number of nitrogens with zero attached hydrogens (tertiary/aromatic N) is 1. The Labute approximate surface area is 369 Å². The Bertz CT molecular complexity index is 3320. The summed E-state index contributed by atoms with van der Waals surface area (Å²) in [4.78, 5) is 2.39. The van der Waals surface area contributed by atoms with Gasteiger partial charge in [0.05, 0.1) is 5.69 Å². The summed E-state index contributed by atoms with van der Waals surface area (Å²) in [5.41, 5.74) is 17.8. The predicted molar refractivity (Wildman–Crippen MR) is 269 cm³/mol. The Kier molecular flexibility index (Phi) is 9.97. The van der Waals surface area contributed by atoms with E-state index in [4.69, 9.17) is 0 Å². The molecule has 11 aromatic rings. The van der Waals surface area contributed by atoms with Gasteiger partial charge in [-0.15, -0.1) is 0 Å². The number of fused-ring (bicyclic) bond motifs is 3. The van der Waals surface area contributed by atoms with Crippen molar-refractivity contribution in [2.75, 3.05) is 4.90 Å². The molecule has 0 radical (unpaired) electrons. The molecule has 0 aromatic heterocycles. The van der Waals surface area contributed by atoms with Gasteiger partial charge < -0.3 is 4.90 Å². The third-order valence-electron chi connectivity index (χ3n) is 12.3. The van der Waals surface area contributed by atoms with Crippen LogP contribution in [0.3, 0.4) is 0 Å². The van der Waals surface area contributed by atoms with Crippen molar-refractivity contribution in [1.29, 1.82) is 0 Å². The summed E-state index contributed by atoms with van der Waals surface area (Å²) in [7, 11) is 0. The van der Waals surface area contributed by atoms with Crippen LogP contribution in [0.4, 0.5) is 17.1 Å².